The van der Waals surface area contributed by atoms with Crippen molar-refractivity contribution < 1.29 is 18.6 Å². The Morgan fingerprint density at radius 3 is 2.58 bits per heavy atom. The van der Waals surface area contributed by atoms with Crippen molar-refractivity contribution in [2.75, 3.05) is 11.9 Å². The highest BCUT2D eigenvalue weighted by atomic mass is 31.2. The standard InChI is InChI=1S/C34H48N5O5P/c1-6-29-30(44-45(42-21-13-20-35)39(24(2)3)25(4)5)22-31(43-29)38-23-28(19-12-16-26-14-10-11-15-26)32(37-34(38)41)36-33(40)27-17-8-7-9-18-27/h7-9,12,17-19,23-26,29-31H,6,10-11,13-16,21-22H2,1-5H3,(H,36,37,40,41)/b19-12+/t29-,30-,31-,45?/m1/s1. The van der Waals surface area contributed by atoms with Crippen LogP contribution in [0.4, 0.5) is 5.82 Å². The first kappa shape index (κ1) is 34.9. The van der Waals surface area contributed by atoms with Crippen LogP contribution >= 0.6 is 8.53 Å². The van der Waals surface area contributed by atoms with E-state index in [4.69, 9.17) is 19.0 Å². The van der Waals surface area contributed by atoms with E-state index in [2.05, 4.69) is 54.8 Å². The molecule has 0 bridgehead atoms. The molecule has 10 nitrogen and oxygen atoms in total. The number of allylic oxidation sites excluding steroid dienone is 1. The molecule has 0 spiro atoms. The fraction of sp³-hybridized carbons (Fsp3) is 0.588. The first-order chi connectivity index (χ1) is 21.7. The molecule has 2 aliphatic rings. The summed E-state index contributed by atoms with van der Waals surface area (Å²) in [7, 11) is -1.47. The molecule has 2 heterocycles. The van der Waals surface area contributed by atoms with Crippen LogP contribution < -0.4 is 11.0 Å². The minimum Gasteiger partial charge on any atom is -0.352 e. The van der Waals surface area contributed by atoms with E-state index in [0.717, 1.165) is 6.42 Å². The maximum Gasteiger partial charge on any atom is 0.351 e. The third-order valence-corrected chi connectivity index (χ3v) is 10.4. The zero-order valence-electron chi connectivity index (χ0n) is 27.2. The van der Waals surface area contributed by atoms with Crippen LogP contribution in [0.3, 0.4) is 0 Å². The fourth-order valence-corrected chi connectivity index (χ4v) is 7.83. The first-order valence-corrected chi connectivity index (χ1v) is 17.4. The summed E-state index contributed by atoms with van der Waals surface area (Å²) in [6, 6.07) is 11.4. The molecular weight excluding hydrogens is 589 g/mol. The maximum atomic E-state index is 13.5. The Hall–Kier alpha value is -2.93. The normalized spacial score (nSPS) is 21.3. The monoisotopic (exact) mass is 637 g/mol. The highest BCUT2D eigenvalue weighted by molar-refractivity contribution is 7.44. The summed E-state index contributed by atoms with van der Waals surface area (Å²) in [4.78, 5) is 30.8. The van der Waals surface area contributed by atoms with E-state index in [1.54, 1.807) is 30.5 Å². The highest BCUT2D eigenvalue weighted by Crippen LogP contribution is 2.50. The maximum absolute atomic E-state index is 13.5. The van der Waals surface area contributed by atoms with Crippen LogP contribution in [-0.2, 0) is 13.8 Å². The van der Waals surface area contributed by atoms with Crippen LogP contribution in [0, 0.1) is 17.2 Å². The lowest BCUT2D eigenvalue weighted by Crippen LogP contribution is -2.35. The van der Waals surface area contributed by atoms with Crippen LogP contribution in [0.5, 0.6) is 0 Å². The predicted octanol–water partition coefficient (Wildman–Crippen LogP) is 7.45. The molecule has 1 saturated heterocycles. The summed E-state index contributed by atoms with van der Waals surface area (Å²) >= 11 is 0. The van der Waals surface area contributed by atoms with Gasteiger partial charge in [0.25, 0.3) is 14.4 Å². The van der Waals surface area contributed by atoms with E-state index in [0.29, 0.717) is 29.9 Å². The number of aromatic nitrogens is 2. The number of ether oxygens (including phenoxy) is 1. The molecule has 1 aromatic heterocycles. The van der Waals surface area contributed by atoms with Crippen LogP contribution in [-0.4, -0.2) is 51.0 Å². The molecule has 45 heavy (non-hydrogen) atoms. The van der Waals surface area contributed by atoms with E-state index in [1.807, 2.05) is 19.1 Å². The van der Waals surface area contributed by atoms with Gasteiger partial charge in [0.1, 0.15) is 12.0 Å². The zero-order valence-corrected chi connectivity index (χ0v) is 28.1. The van der Waals surface area contributed by atoms with E-state index < -0.39 is 20.4 Å². The van der Waals surface area contributed by atoms with Gasteiger partial charge < -0.3 is 19.1 Å². The van der Waals surface area contributed by atoms with Gasteiger partial charge in [0.15, 0.2) is 0 Å². The van der Waals surface area contributed by atoms with Gasteiger partial charge in [-0.3, -0.25) is 9.36 Å². The molecule has 11 heteroatoms. The van der Waals surface area contributed by atoms with Gasteiger partial charge in [-0.1, -0.05) is 63.0 Å². The van der Waals surface area contributed by atoms with E-state index in [-0.39, 0.29) is 49.0 Å². The van der Waals surface area contributed by atoms with Crippen molar-refractivity contribution in [3.63, 3.8) is 0 Å². The molecule has 1 aromatic carbocycles. The third-order valence-electron chi connectivity index (χ3n) is 8.27. The summed E-state index contributed by atoms with van der Waals surface area (Å²) in [5, 5.41) is 11.9. The van der Waals surface area contributed by atoms with Gasteiger partial charge in [-0.15, -0.1) is 0 Å². The molecule has 1 aliphatic heterocycles. The number of nitrogens with zero attached hydrogens (tertiary/aromatic N) is 4. The van der Waals surface area contributed by atoms with Crippen LogP contribution in [0.1, 0.15) is 108 Å². The van der Waals surface area contributed by atoms with Gasteiger partial charge in [-0.2, -0.15) is 10.2 Å². The third kappa shape index (κ3) is 9.54. The van der Waals surface area contributed by atoms with E-state index in [9.17, 15) is 9.59 Å². The molecule has 4 atom stereocenters. The van der Waals surface area contributed by atoms with Crippen molar-refractivity contribution in [1.29, 1.82) is 5.26 Å². The number of nitrogens with one attached hydrogen (secondary N) is 1. The molecule has 4 rings (SSSR count). The van der Waals surface area contributed by atoms with Crippen LogP contribution in [0.25, 0.3) is 6.08 Å². The molecule has 1 N–H and O–H groups in total. The minimum atomic E-state index is -1.47. The van der Waals surface area contributed by atoms with Gasteiger partial charge in [0.2, 0.25) is 0 Å². The molecule has 0 radical (unpaired) electrons. The van der Waals surface area contributed by atoms with Crippen molar-refractivity contribution in [3.05, 3.63) is 64.2 Å². The number of carbonyl (C=O) groups excluding carboxylic acids is 1. The van der Waals surface area contributed by atoms with Gasteiger partial charge in [0, 0.05) is 35.8 Å². The van der Waals surface area contributed by atoms with Crippen molar-refractivity contribution in [2.24, 2.45) is 5.92 Å². The largest absolute Gasteiger partial charge is 0.352 e. The summed E-state index contributed by atoms with van der Waals surface area (Å²) in [6.07, 6.45) is 12.0. The fourth-order valence-electron chi connectivity index (χ4n) is 6.07. The molecular formula is C34H48N5O5P. The van der Waals surface area contributed by atoms with Crippen molar-refractivity contribution in [2.45, 2.75) is 117 Å². The van der Waals surface area contributed by atoms with Gasteiger partial charge in [-0.25, -0.2) is 9.46 Å². The number of hydrogen-bond acceptors (Lipinski definition) is 8. The number of hydrogen-bond donors (Lipinski definition) is 1. The SMILES string of the molecule is CC[C@H]1O[C@@H](n2cc(/C=C/CC3CCCC3)c(NC(=O)c3ccccc3)nc2=O)C[C@H]1OP(OCCC#N)N(C(C)C)C(C)C. The lowest BCUT2D eigenvalue weighted by atomic mass is 10.0. The minimum absolute atomic E-state index is 0.167. The molecule has 2 aromatic rings. The molecule has 1 unspecified atom stereocenters. The van der Waals surface area contributed by atoms with Crippen LogP contribution in [0.2, 0.25) is 0 Å². The lowest BCUT2D eigenvalue weighted by molar-refractivity contribution is -0.0200. The van der Waals surface area contributed by atoms with Crippen LogP contribution in [0.15, 0.2) is 47.4 Å². The molecule has 1 amide bonds. The lowest BCUT2D eigenvalue weighted by Gasteiger charge is -2.37. The van der Waals surface area contributed by atoms with Gasteiger partial charge in [-0.05, 0) is 58.6 Å². The second kappa shape index (κ2) is 17.1. The zero-order chi connectivity index (χ0) is 32.3. The second-order valence-electron chi connectivity index (χ2n) is 12.3. The van der Waals surface area contributed by atoms with Crippen molar-refractivity contribution in [1.82, 2.24) is 14.2 Å². The van der Waals surface area contributed by atoms with Crippen molar-refractivity contribution in [3.8, 4) is 6.07 Å². The predicted molar refractivity (Wildman–Crippen MR) is 177 cm³/mol. The Morgan fingerprint density at radius 1 is 1.22 bits per heavy atom. The number of anilines is 1. The number of benzene rings is 1. The molecule has 1 aliphatic carbocycles. The summed E-state index contributed by atoms with van der Waals surface area (Å²) in [6.45, 7) is 10.7. The second-order valence-corrected chi connectivity index (χ2v) is 13.7. The van der Waals surface area contributed by atoms with Crippen molar-refractivity contribution >= 4 is 26.3 Å². The summed E-state index contributed by atoms with van der Waals surface area (Å²) < 4.78 is 22.9. The Balaban J connectivity index is 1.59. The topological polar surface area (TPSA) is 119 Å². The Kier molecular flexibility index (Phi) is 13.3. The van der Waals surface area contributed by atoms with Gasteiger partial charge in [0.05, 0.1) is 31.3 Å². The Bertz CT molecular complexity index is 1360. The summed E-state index contributed by atoms with van der Waals surface area (Å²) in [5.74, 6) is 0.557. The van der Waals surface area contributed by atoms with E-state index in [1.165, 1.54) is 30.3 Å². The average Bonchev–Trinajstić information content (AvgIpc) is 3.68. The number of carbonyl (C=O) groups is 1. The summed E-state index contributed by atoms with van der Waals surface area (Å²) in [5.41, 5.74) is 0.621. The smallest absolute Gasteiger partial charge is 0.351 e. The number of rotatable bonds is 15. The Labute approximate surface area is 268 Å². The highest BCUT2D eigenvalue weighted by Gasteiger charge is 2.40. The molecule has 2 fully saturated rings. The van der Waals surface area contributed by atoms with E-state index >= 15 is 0 Å². The first-order valence-electron chi connectivity index (χ1n) is 16.3. The Morgan fingerprint density at radius 2 is 1.93 bits per heavy atom. The molecule has 1 saturated carbocycles. The quantitative estimate of drug-likeness (QED) is 0.158. The van der Waals surface area contributed by atoms with Gasteiger partial charge >= 0.3 is 5.69 Å². The number of nitriles is 1. The average molecular weight is 638 g/mol. The molecule has 244 valence electrons. The number of amides is 1.